The molecule has 3 rings (SSSR count). The molecule has 29 heavy (non-hydrogen) atoms. The van der Waals surface area contributed by atoms with Crippen LogP contribution in [0.15, 0.2) is 24.3 Å². The number of carbonyl (C=O) groups is 3. The van der Waals surface area contributed by atoms with Crippen molar-refractivity contribution in [2.75, 3.05) is 0 Å². The molecule has 2 N–H and O–H groups in total. The SMILES string of the molecule is CC[C@@H](O)[C@@]1(C(=O)OCc2ccc([N+](=O)[O-])cc2)C(=O)C[C@@H]2[C@@H]([C@@H](C)O)C(=O)N21. The van der Waals surface area contributed by atoms with Crippen molar-refractivity contribution in [2.45, 2.75) is 57.1 Å². The second-order valence-electron chi connectivity index (χ2n) is 7.36. The van der Waals surface area contributed by atoms with Crippen molar-refractivity contribution >= 4 is 23.3 Å². The Morgan fingerprint density at radius 3 is 2.48 bits per heavy atom. The predicted octanol–water partition coefficient (Wildman–Crippen LogP) is 0.328. The number of fused-ring (bicyclic) bond motifs is 1. The van der Waals surface area contributed by atoms with Crippen LogP contribution in [0.1, 0.15) is 32.3 Å². The molecule has 0 aromatic heterocycles. The Morgan fingerprint density at radius 2 is 1.97 bits per heavy atom. The van der Waals surface area contributed by atoms with Crippen molar-refractivity contribution in [3.63, 3.8) is 0 Å². The van der Waals surface area contributed by atoms with E-state index < -0.39 is 52.3 Å². The Hall–Kier alpha value is -2.85. The monoisotopic (exact) mass is 406 g/mol. The smallest absolute Gasteiger partial charge is 0.343 e. The number of ether oxygens (including phenoxy) is 1. The third-order valence-electron chi connectivity index (χ3n) is 5.69. The van der Waals surface area contributed by atoms with Gasteiger partial charge in [-0.15, -0.1) is 0 Å². The fraction of sp³-hybridized carbons (Fsp3) is 0.526. The maximum atomic E-state index is 13.0. The molecule has 2 fully saturated rings. The number of aliphatic hydroxyl groups excluding tert-OH is 2. The van der Waals surface area contributed by atoms with Crippen LogP contribution < -0.4 is 0 Å². The third-order valence-corrected chi connectivity index (χ3v) is 5.69. The van der Waals surface area contributed by atoms with Gasteiger partial charge in [-0.25, -0.2) is 4.79 Å². The van der Waals surface area contributed by atoms with Crippen LogP contribution in [-0.2, 0) is 25.7 Å². The highest BCUT2D eigenvalue weighted by atomic mass is 16.6. The molecule has 2 heterocycles. The van der Waals surface area contributed by atoms with Crippen LogP contribution in [0.2, 0.25) is 0 Å². The Morgan fingerprint density at radius 1 is 1.34 bits per heavy atom. The molecule has 5 atom stereocenters. The highest BCUT2D eigenvalue weighted by Crippen LogP contribution is 2.47. The zero-order valence-electron chi connectivity index (χ0n) is 16.0. The van der Waals surface area contributed by atoms with Crippen LogP contribution in [0.25, 0.3) is 0 Å². The van der Waals surface area contributed by atoms with E-state index in [1.54, 1.807) is 6.92 Å². The molecule has 0 spiro atoms. The normalized spacial score (nSPS) is 27.8. The molecule has 0 saturated carbocycles. The lowest BCUT2D eigenvalue weighted by atomic mass is 9.81. The number of benzene rings is 1. The van der Waals surface area contributed by atoms with Gasteiger partial charge in [0.15, 0.2) is 5.78 Å². The number of carbonyl (C=O) groups excluding carboxylic acids is 3. The molecule has 1 amide bonds. The van der Waals surface area contributed by atoms with Gasteiger partial charge in [-0.1, -0.05) is 6.92 Å². The van der Waals surface area contributed by atoms with Gasteiger partial charge in [-0.2, -0.15) is 0 Å². The average molecular weight is 406 g/mol. The van der Waals surface area contributed by atoms with Crippen LogP contribution in [0, 0.1) is 16.0 Å². The summed E-state index contributed by atoms with van der Waals surface area (Å²) in [5, 5.41) is 31.1. The van der Waals surface area contributed by atoms with Gasteiger partial charge in [0, 0.05) is 18.6 Å². The lowest BCUT2D eigenvalue weighted by molar-refractivity contribution is -0.384. The van der Waals surface area contributed by atoms with E-state index >= 15 is 0 Å². The van der Waals surface area contributed by atoms with Gasteiger partial charge < -0.3 is 19.8 Å². The molecular formula is C19H22N2O8. The molecule has 0 aliphatic carbocycles. The minimum atomic E-state index is -2.14. The van der Waals surface area contributed by atoms with Crippen molar-refractivity contribution in [3.05, 3.63) is 39.9 Å². The van der Waals surface area contributed by atoms with Crippen molar-refractivity contribution in [2.24, 2.45) is 5.92 Å². The van der Waals surface area contributed by atoms with Crippen molar-refractivity contribution in [1.29, 1.82) is 0 Å². The lowest BCUT2D eigenvalue weighted by Crippen LogP contribution is -2.74. The number of esters is 1. The summed E-state index contributed by atoms with van der Waals surface area (Å²) >= 11 is 0. The molecule has 156 valence electrons. The standard InChI is InChI=1S/C19H22N2O8/c1-3-14(23)19(15(24)8-13-16(10(2)22)17(25)20(13)19)18(26)29-9-11-4-6-12(7-5-11)21(27)28/h4-7,10,13-14,16,22-23H,3,8-9H2,1-2H3/t10-,13-,14-,16-,19+/m1/s1. The first-order valence-corrected chi connectivity index (χ1v) is 9.29. The molecule has 0 unspecified atom stereocenters. The second-order valence-corrected chi connectivity index (χ2v) is 7.36. The summed E-state index contributed by atoms with van der Waals surface area (Å²) in [6, 6.07) is 4.66. The fourth-order valence-electron chi connectivity index (χ4n) is 4.19. The summed E-state index contributed by atoms with van der Waals surface area (Å²) in [5.41, 5.74) is -1.81. The summed E-state index contributed by atoms with van der Waals surface area (Å²) in [4.78, 5) is 49.6. The summed E-state index contributed by atoms with van der Waals surface area (Å²) < 4.78 is 5.26. The highest BCUT2D eigenvalue weighted by molar-refractivity contribution is 6.16. The lowest BCUT2D eigenvalue weighted by Gasteiger charge is -2.50. The van der Waals surface area contributed by atoms with E-state index in [0.29, 0.717) is 5.56 Å². The number of hydrogen-bond acceptors (Lipinski definition) is 8. The van der Waals surface area contributed by atoms with E-state index in [2.05, 4.69) is 0 Å². The van der Waals surface area contributed by atoms with Crippen LogP contribution in [0.4, 0.5) is 5.69 Å². The zero-order valence-corrected chi connectivity index (χ0v) is 16.0. The maximum absolute atomic E-state index is 13.0. The number of nitro benzene ring substituents is 1. The molecule has 2 aliphatic heterocycles. The van der Waals surface area contributed by atoms with Gasteiger partial charge in [0.2, 0.25) is 11.4 Å². The van der Waals surface area contributed by atoms with Gasteiger partial charge in [-0.05, 0) is 31.0 Å². The second kappa shape index (κ2) is 7.53. The first-order valence-electron chi connectivity index (χ1n) is 9.29. The Labute approximate surface area is 166 Å². The van der Waals surface area contributed by atoms with Crippen molar-refractivity contribution < 1.29 is 34.3 Å². The molecule has 2 aliphatic rings. The van der Waals surface area contributed by atoms with E-state index in [1.165, 1.54) is 31.2 Å². The van der Waals surface area contributed by atoms with E-state index in [-0.39, 0.29) is 25.1 Å². The number of nitrogens with zero attached hydrogens (tertiary/aromatic N) is 2. The van der Waals surface area contributed by atoms with Crippen LogP contribution in [0.5, 0.6) is 0 Å². The molecule has 1 aromatic rings. The number of β-lactam (4-membered cyclic amide) rings is 1. The quantitative estimate of drug-likeness (QED) is 0.216. The molecular weight excluding hydrogens is 384 g/mol. The number of Topliss-reactive ketones (excluding diaryl/α,β-unsaturated/α-hetero) is 1. The van der Waals surface area contributed by atoms with Gasteiger partial charge in [0.1, 0.15) is 6.61 Å². The largest absolute Gasteiger partial charge is 0.459 e. The zero-order chi connectivity index (χ0) is 21.5. The third kappa shape index (κ3) is 3.08. The predicted molar refractivity (Wildman–Crippen MR) is 97.4 cm³/mol. The van der Waals surface area contributed by atoms with Crippen LogP contribution in [0.3, 0.4) is 0 Å². The number of amides is 1. The Balaban J connectivity index is 1.83. The number of rotatable bonds is 7. The first-order chi connectivity index (χ1) is 13.7. The minimum Gasteiger partial charge on any atom is -0.459 e. The summed E-state index contributed by atoms with van der Waals surface area (Å²) in [7, 11) is 0. The molecule has 2 saturated heterocycles. The highest BCUT2D eigenvalue weighted by Gasteiger charge is 2.72. The number of ketones is 1. The van der Waals surface area contributed by atoms with E-state index in [9.17, 15) is 34.7 Å². The van der Waals surface area contributed by atoms with Gasteiger partial charge in [0.05, 0.1) is 29.1 Å². The number of hydrogen-bond donors (Lipinski definition) is 2. The molecule has 10 nitrogen and oxygen atoms in total. The molecule has 1 aromatic carbocycles. The van der Waals surface area contributed by atoms with Gasteiger partial charge >= 0.3 is 5.97 Å². The fourth-order valence-corrected chi connectivity index (χ4v) is 4.19. The maximum Gasteiger partial charge on any atom is 0.343 e. The first kappa shape index (κ1) is 20.9. The minimum absolute atomic E-state index is 0.0359. The van der Waals surface area contributed by atoms with Crippen LogP contribution >= 0.6 is 0 Å². The summed E-state index contributed by atoms with van der Waals surface area (Å²) in [6.45, 7) is 2.73. The van der Waals surface area contributed by atoms with Crippen LogP contribution in [-0.4, -0.2) is 61.5 Å². The van der Waals surface area contributed by atoms with E-state index in [4.69, 9.17) is 4.74 Å². The van der Waals surface area contributed by atoms with Crippen molar-refractivity contribution in [3.8, 4) is 0 Å². The number of non-ortho nitro benzene ring substituents is 1. The van der Waals surface area contributed by atoms with Crippen molar-refractivity contribution in [1.82, 2.24) is 4.90 Å². The van der Waals surface area contributed by atoms with E-state index in [1.807, 2.05) is 0 Å². The van der Waals surface area contributed by atoms with E-state index in [0.717, 1.165) is 4.90 Å². The molecule has 0 radical (unpaired) electrons. The summed E-state index contributed by atoms with van der Waals surface area (Å²) in [5.74, 6) is -3.04. The average Bonchev–Trinajstić information content (AvgIpc) is 2.94. The Kier molecular flexibility index (Phi) is 5.42. The molecule has 0 bridgehead atoms. The number of nitro groups is 1. The van der Waals surface area contributed by atoms with Gasteiger partial charge in [-0.3, -0.25) is 19.7 Å². The summed E-state index contributed by atoms with van der Waals surface area (Å²) in [6.07, 6.45) is -2.55. The number of aliphatic hydroxyl groups is 2. The topological polar surface area (TPSA) is 147 Å². The Bertz CT molecular complexity index is 852. The van der Waals surface area contributed by atoms with Gasteiger partial charge in [0.25, 0.3) is 5.69 Å². The molecule has 10 heteroatoms.